The standard InChI is InChI=1S/C25H23N5O3/c1-2-33-22-13-6-4-11-19(22)27-23(31)15-21-24(32)29(16-17-9-7-8-14-26-17)25-28-18-10-3-5-12-20(18)30(21)25/h3-14,21H,2,15-16H2,1H3,(H,27,31)/t21-/m1/s1. The molecular formula is C25H23N5O3. The molecule has 0 fully saturated rings. The number of anilines is 2. The van der Waals surface area contributed by atoms with Crippen LogP contribution in [0.15, 0.2) is 72.9 Å². The van der Waals surface area contributed by atoms with Crippen LogP contribution < -0.4 is 15.0 Å². The lowest BCUT2D eigenvalue weighted by Gasteiger charge is -2.16. The summed E-state index contributed by atoms with van der Waals surface area (Å²) in [6.45, 7) is 2.66. The van der Waals surface area contributed by atoms with Crippen LogP contribution in [0.2, 0.25) is 0 Å². The molecule has 0 aliphatic carbocycles. The molecule has 3 heterocycles. The molecule has 4 aromatic rings. The van der Waals surface area contributed by atoms with Gasteiger partial charge in [-0.05, 0) is 43.3 Å². The number of benzene rings is 2. The number of imidazole rings is 1. The number of rotatable bonds is 7. The van der Waals surface area contributed by atoms with E-state index in [1.54, 1.807) is 23.2 Å². The Morgan fingerprint density at radius 1 is 1.06 bits per heavy atom. The smallest absolute Gasteiger partial charge is 0.253 e. The molecule has 0 unspecified atom stereocenters. The van der Waals surface area contributed by atoms with Crippen molar-refractivity contribution >= 4 is 34.5 Å². The summed E-state index contributed by atoms with van der Waals surface area (Å²) in [6.07, 6.45) is 1.67. The van der Waals surface area contributed by atoms with E-state index in [9.17, 15) is 9.59 Å². The second-order valence-electron chi connectivity index (χ2n) is 7.71. The minimum atomic E-state index is -0.699. The number of aromatic nitrogens is 3. The summed E-state index contributed by atoms with van der Waals surface area (Å²) in [5.41, 5.74) is 2.92. The Balaban J connectivity index is 1.45. The lowest BCUT2D eigenvalue weighted by Crippen LogP contribution is -2.31. The molecule has 1 aliphatic rings. The first kappa shape index (κ1) is 20.7. The highest BCUT2D eigenvalue weighted by Gasteiger charge is 2.41. The molecule has 2 aromatic carbocycles. The molecule has 1 N–H and O–H groups in total. The summed E-state index contributed by atoms with van der Waals surface area (Å²) in [5.74, 6) is 0.669. The number of carbonyl (C=O) groups excluding carboxylic acids is 2. The van der Waals surface area contributed by atoms with E-state index in [1.165, 1.54) is 0 Å². The Morgan fingerprint density at radius 3 is 2.67 bits per heavy atom. The third-order valence-electron chi connectivity index (χ3n) is 5.57. The molecule has 0 saturated carbocycles. The molecule has 33 heavy (non-hydrogen) atoms. The van der Waals surface area contributed by atoms with E-state index in [4.69, 9.17) is 4.74 Å². The SMILES string of the molecule is CCOc1ccccc1NC(=O)C[C@@H]1C(=O)N(Cc2ccccn2)c2nc3ccccc3n21. The van der Waals surface area contributed by atoms with Gasteiger partial charge in [0.15, 0.2) is 0 Å². The quantitative estimate of drug-likeness (QED) is 0.469. The molecule has 5 rings (SSSR count). The predicted octanol–water partition coefficient (Wildman–Crippen LogP) is 3.95. The lowest BCUT2D eigenvalue weighted by molar-refractivity contribution is -0.124. The number of pyridine rings is 1. The van der Waals surface area contributed by atoms with Crippen LogP contribution in [0.3, 0.4) is 0 Å². The Hall–Kier alpha value is -4.20. The third kappa shape index (κ3) is 3.91. The van der Waals surface area contributed by atoms with E-state index in [1.807, 2.05) is 66.1 Å². The largest absolute Gasteiger partial charge is 0.492 e. The van der Waals surface area contributed by atoms with Gasteiger partial charge in [0.25, 0.3) is 5.91 Å². The normalized spacial score (nSPS) is 15.0. The molecule has 8 nitrogen and oxygen atoms in total. The van der Waals surface area contributed by atoms with Gasteiger partial charge < -0.3 is 10.1 Å². The van der Waals surface area contributed by atoms with Gasteiger partial charge in [0.05, 0.1) is 42.0 Å². The molecule has 0 saturated heterocycles. The van der Waals surface area contributed by atoms with Crippen molar-refractivity contribution < 1.29 is 14.3 Å². The van der Waals surface area contributed by atoms with Crippen molar-refractivity contribution in [2.24, 2.45) is 0 Å². The molecular weight excluding hydrogens is 418 g/mol. The third-order valence-corrected chi connectivity index (χ3v) is 5.57. The van der Waals surface area contributed by atoms with E-state index in [0.717, 1.165) is 16.7 Å². The zero-order chi connectivity index (χ0) is 22.8. The van der Waals surface area contributed by atoms with Gasteiger partial charge >= 0.3 is 0 Å². The maximum atomic E-state index is 13.5. The maximum absolute atomic E-state index is 13.5. The highest BCUT2D eigenvalue weighted by atomic mass is 16.5. The maximum Gasteiger partial charge on any atom is 0.253 e. The van der Waals surface area contributed by atoms with Crippen LogP contribution in [-0.2, 0) is 16.1 Å². The van der Waals surface area contributed by atoms with Gasteiger partial charge in [-0.2, -0.15) is 0 Å². The van der Waals surface area contributed by atoms with Gasteiger partial charge in [-0.25, -0.2) is 4.98 Å². The van der Waals surface area contributed by atoms with Crippen molar-refractivity contribution in [3.05, 3.63) is 78.6 Å². The van der Waals surface area contributed by atoms with Gasteiger partial charge in [0, 0.05) is 6.20 Å². The zero-order valence-electron chi connectivity index (χ0n) is 18.1. The van der Waals surface area contributed by atoms with Crippen LogP contribution in [0.4, 0.5) is 11.6 Å². The monoisotopic (exact) mass is 441 g/mol. The fraction of sp³-hybridized carbons (Fsp3) is 0.200. The summed E-state index contributed by atoms with van der Waals surface area (Å²) in [6, 6.07) is 19.8. The van der Waals surface area contributed by atoms with Crippen molar-refractivity contribution in [2.45, 2.75) is 25.9 Å². The number of ether oxygens (including phenoxy) is 1. The van der Waals surface area contributed by atoms with Crippen molar-refractivity contribution in [1.29, 1.82) is 0 Å². The second kappa shape index (κ2) is 8.74. The first-order chi connectivity index (χ1) is 16.2. The van der Waals surface area contributed by atoms with Crippen molar-refractivity contribution in [3.63, 3.8) is 0 Å². The van der Waals surface area contributed by atoms with Gasteiger partial charge in [0.1, 0.15) is 11.8 Å². The highest BCUT2D eigenvalue weighted by Crippen LogP contribution is 2.37. The molecule has 8 heteroatoms. The fourth-order valence-corrected chi connectivity index (χ4v) is 4.13. The number of fused-ring (bicyclic) bond motifs is 3. The molecule has 0 bridgehead atoms. The Morgan fingerprint density at radius 2 is 1.85 bits per heavy atom. The zero-order valence-corrected chi connectivity index (χ0v) is 18.1. The molecule has 1 atom stereocenters. The van der Waals surface area contributed by atoms with E-state index in [0.29, 0.717) is 24.0 Å². The van der Waals surface area contributed by atoms with Crippen LogP contribution in [0, 0.1) is 0 Å². The molecule has 166 valence electrons. The van der Waals surface area contributed by atoms with Crippen molar-refractivity contribution in [3.8, 4) is 5.75 Å². The average molecular weight is 441 g/mol. The topological polar surface area (TPSA) is 89.3 Å². The predicted molar refractivity (Wildman–Crippen MR) is 125 cm³/mol. The Kier molecular flexibility index (Phi) is 5.48. The molecule has 2 aromatic heterocycles. The number of hydrogen-bond donors (Lipinski definition) is 1. The van der Waals surface area contributed by atoms with E-state index in [2.05, 4.69) is 15.3 Å². The van der Waals surface area contributed by atoms with E-state index < -0.39 is 6.04 Å². The molecule has 1 aliphatic heterocycles. The van der Waals surface area contributed by atoms with Gasteiger partial charge in [0.2, 0.25) is 11.9 Å². The van der Waals surface area contributed by atoms with Crippen LogP contribution in [0.5, 0.6) is 5.75 Å². The number of nitrogens with zero attached hydrogens (tertiary/aromatic N) is 4. The highest BCUT2D eigenvalue weighted by molar-refractivity contribution is 6.05. The lowest BCUT2D eigenvalue weighted by atomic mass is 10.1. The van der Waals surface area contributed by atoms with Gasteiger partial charge in [-0.1, -0.05) is 30.3 Å². The van der Waals surface area contributed by atoms with Gasteiger partial charge in [-0.3, -0.25) is 24.0 Å². The summed E-state index contributed by atoms with van der Waals surface area (Å²) in [4.78, 5) is 37.1. The van der Waals surface area contributed by atoms with Crippen LogP contribution in [-0.4, -0.2) is 33.0 Å². The second-order valence-corrected chi connectivity index (χ2v) is 7.71. The van der Waals surface area contributed by atoms with E-state index >= 15 is 0 Å². The first-order valence-electron chi connectivity index (χ1n) is 10.9. The number of amides is 2. The number of nitrogens with one attached hydrogen (secondary N) is 1. The average Bonchev–Trinajstić information content (AvgIpc) is 3.32. The van der Waals surface area contributed by atoms with Crippen LogP contribution in [0.25, 0.3) is 11.0 Å². The Bertz CT molecular complexity index is 1320. The van der Waals surface area contributed by atoms with Crippen molar-refractivity contribution in [2.75, 3.05) is 16.8 Å². The number of carbonyl (C=O) groups is 2. The Labute approximate surface area is 190 Å². The first-order valence-corrected chi connectivity index (χ1v) is 10.9. The van der Waals surface area contributed by atoms with Gasteiger partial charge in [-0.15, -0.1) is 0 Å². The van der Waals surface area contributed by atoms with Crippen LogP contribution in [0.1, 0.15) is 25.1 Å². The number of para-hydroxylation sites is 4. The minimum absolute atomic E-state index is 0.0225. The van der Waals surface area contributed by atoms with Crippen LogP contribution >= 0.6 is 0 Å². The summed E-state index contributed by atoms with van der Waals surface area (Å²) in [7, 11) is 0. The molecule has 0 radical (unpaired) electrons. The number of hydrogen-bond acceptors (Lipinski definition) is 5. The van der Waals surface area contributed by atoms with Crippen molar-refractivity contribution in [1.82, 2.24) is 14.5 Å². The molecule has 2 amide bonds. The minimum Gasteiger partial charge on any atom is -0.492 e. The fourth-order valence-electron chi connectivity index (χ4n) is 4.13. The summed E-state index contributed by atoms with van der Waals surface area (Å²) >= 11 is 0. The summed E-state index contributed by atoms with van der Waals surface area (Å²) < 4.78 is 7.46. The van der Waals surface area contributed by atoms with E-state index in [-0.39, 0.29) is 24.8 Å². The molecule has 0 spiro atoms. The summed E-state index contributed by atoms with van der Waals surface area (Å²) in [5, 5.41) is 2.90.